The second kappa shape index (κ2) is 6.02. The molecule has 0 spiro atoms. The Labute approximate surface area is 110 Å². The number of nitrogens with two attached hydrogens (primary N) is 1. The van der Waals surface area contributed by atoms with E-state index < -0.39 is 0 Å². The van der Waals surface area contributed by atoms with Crippen molar-refractivity contribution in [2.75, 3.05) is 19.6 Å². The molecule has 4 heteroatoms. The Morgan fingerprint density at radius 2 is 2.06 bits per heavy atom. The van der Waals surface area contributed by atoms with E-state index in [9.17, 15) is 4.79 Å². The molecule has 2 N–H and O–H groups in total. The molecule has 0 saturated carbocycles. The van der Waals surface area contributed by atoms with Gasteiger partial charge in [-0.15, -0.1) is 0 Å². The van der Waals surface area contributed by atoms with Crippen LogP contribution in [0, 0.1) is 0 Å². The first-order valence-electron chi connectivity index (χ1n) is 7.41. The lowest BCUT2D eigenvalue weighted by Crippen LogP contribution is -2.43. The molecule has 2 aliphatic rings. The molecule has 2 bridgehead atoms. The van der Waals surface area contributed by atoms with Crippen molar-refractivity contribution >= 4 is 5.91 Å². The van der Waals surface area contributed by atoms with Gasteiger partial charge in [-0.3, -0.25) is 4.79 Å². The largest absolute Gasteiger partial charge is 0.335 e. The van der Waals surface area contributed by atoms with Gasteiger partial charge in [0.05, 0.1) is 0 Å². The molecule has 2 rings (SSSR count). The van der Waals surface area contributed by atoms with E-state index in [2.05, 4.69) is 16.7 Å². The fourth-order valence-electron chi connectivity index (χ4n) is 3.32. The number of carbonyl (C=O) groups excluding carboxylic acids is 1. The van der Waals surface area contributed by atoms with E-state index in [4.69, 9.17) is 5.73 Å². The minimum atomic E-state index is 0.130. The molecule has 1 amide bonds. The Bertz CT molecular complexity index is 293. The third-order valence-corrected chi connectivity index (χ3v) is 4.42. The number of nitrogens with zero attached hydrogens (tertiary/aromatic N) is 2. The van der Waals surface area contributed by atoms with Crippen LogP contribution in [0.25, 0.3) is 0 Å². The zero-order chi connectivity index (χ0) is 13.1. The van der Waals surface area contributed by atoms with Crippen LogP contribution >= 0.6 is 0 Å². The van der Waals surface area contributed by atoms with Crippen LogP contribution < -0.4 is 5.73 Å². The van der Waals surface area contributed by atoms with Gasteiger partial charge in [0.1, 0.15) is 0 Å². The van der Waals surface area contributed by atoms with Gasteiger partial charge in [-0.25, -0.2) is 0 Å². The van der Waals surface area contributed by atoms with Gasteiger partial charge in [0, 0.05) is 37.6 Å². The number of hydrogen-bond acceptors (Lipinski definition) is 3. The summed E-state index contributed by atoms with van der Waals surface area (Å²) in [6.07, 6.45) is 4.97. The Kier molecular flexibility index (Phi) is 4.62. The van der Waals surface area contributed by atoms with Crippen molar-refractivity contribution < 1.29 is 4.79 Å². The zero-order valence-electron chi connectivity index (χ0n) is 11.8. The van der Waals surface area contributed by atoms with Gasteiger partial charge in [-0.1, -0.05) is 6.92 Å². The number of amides is 1. The van der Waals surface area contributed by atoms with E-state index >= 15 is 0 Å². The summed E-state index contributed by atoms with van der Waals surface area (Å²) in [6.45, 7) is 7.50. The summed E-state index contributed by atoms with van der Waals surface area (Å²) in [5.74, 6) is 0.331. The minimum absolute atomic E-state index is 0.130. The quantitative estimate of drug-likeness (QED) is 0.819. The van der Waals surface area contributed by atoms with Crippen molar-refractivity contribution in [3.05, 3.63) is 0 Å². The summed E-state index contributed by atoms with van der Waals surface area (Å²) < 4.78 is 0. The van der Waals surface area contributed by atoms with Gasteiger partial charge in [0.25, 0.3) is 0 Å². The molecule has 104 valence electrons. The Hall–Kier alpha value is -0.610. The summed E-state index contributed by atoms with van der Waals surface area (Å²) in [6, 6.07) is 1.08. The van der Waals surface area contributed by atoms with Crippen LogP contribution in [0.3, 0.4) is 0 Å². The van der Waals surface area contributed by atoms with Crippen LogP contribution in [0.1, 0.15) is 46.0 Å². The van der Waals surface area contributed by atoms with E-state index in [0.29, 0.717) is 24.4 Å². The highest BCUT2D eigenvalue weighted by molar-refractivity contribution is 5.77. The highest BCUT2D eigenvalue weighted by Crippen LogP contribution is 2.30. The van der Waals surface area contributed by atoms with Crippen molar-refractivity contribution in [3.8, 4) is 0 Å². The van der Waals surface area contributed by atoms with Gasteiger partial charge in [0.2, 0.25) is 5.91 Å². The average molecular weight is 253 g/mol. The number of rotatable bonds is 4. The van der Waals surface area contributed by atoms with Gasteiger partial charge < -0.3 is 15.5 Å². The predicted octanol–water partition coefficient (Wildman–Crippen LogP) is 1.20. The molecular weight excluding hydrogens is 226 g/mol. The fourth-order valence-corrected chi connectivity index (χ4v) is 3.32. The Balaban J connectivity index is 1.97. The van der Waals surface area contributed by atoms with Crippen LogP contribution in [0.15, 0.2) is 0 Å². The van der Waals surface area contributed by atoms with Gasteiger partial charge in [-0.05, 0) is 39.2 Å². The molecule has 3 atom stereocenters. The standard InChI is InChI=1S/C14H27N3O/c1-3-16-9-8-12-5-6-13(10-16)17(12)14(18)7-4-11(2)15/h11-13H,3-10,15H2,1-2H3. The number of likely N-dealkylation sites (N-methyl/N-ethyl adjacent to an activating group) is 1. The molecule has 2 heterocycles. The van der Waals surface area contributed by atoms with Gasteiger partial charge in [-0.2, -0.15) is 0 Å². The van der Waals surface area contributed by atoms with Crippen LogP contribution in [0.2, 0.25) is 0 Å². The Morgan fingerprint density at radius 1 is 1.33 bits per heavy atom. The van der Waals surface area contributed by atoms with Crippen molar-refractivity contribution in [1.82, 2.24) is 9.80 Å². The molecule has 3 unspecified atom stereocenters. The molecule has 2 fully saturated rings. The SMILES string of the molecule is CCN1CCC2CCC(C1)N2C(=O)CCC(C)N. The molecule has 0 aliphatic carbocycles. The first kappa shape index (κ1) is 13.8. The molecule has 0 aromatic heterocycles. The maximum atomic E-state index is 12.4. The second-order valence-corrected chi connectivity index (χ2v) is 5.88. The third kappa shape index (κ3) is 3.04. The number of likely N-dealkylation sites (tertiary alicyclic amines) is 1. The molecule has 0 aromatic rings. The van der Waals surface area contributed by atoms with E-state index in [0.717, 1.165) is 32.5 Å². The molecule has 0 radical (unpaired) electrons. The summed E-state index contributed by atoms with van der Waals surface area (Å²) in [4.78, 5) is 17.0. The van der Waals surface area contributed by atoms with E-state index in [1.807, 2.05) is 6.92 Å². The van der Waals surface area contributed by atoms with Gasteiger partial charge >= 0.3 is 0 Å². The maximum Gasteiger partial charge on any atom is 0.223 e. The topological polar surface area (TPSA) is 49.6 Å². The molecule has 2 saturated heterocycles. The molecule has 18 heavy (non-hydrogen) atoms. The summed E-state index contributed by atoms with van der Waals surface area (Å²) in [7, 11) is 0. The lowest BCUT2D eigenvalue weighted by Gasteiger charge is -2.29. The lowest BCUT2D eigenvalue weighted by atomic mass is 10.1. The molecule has 4 nitrogen and oxygen atoms in total. The molecular formula is C14H27N3O. The van der Waals surface area contributed by atoms with E-state index in [1.54, 1.807) is 0 Å². The first-order chi connectivity index (χ1) is 8.61. The second-order valence-electron chi connectivity index (χ2n) is 5.88. The molecule has 0 aromatic carbocycles. The highest BCUT2D eigenvalue weighted by atomic mass is 16.2. The monoisotopic (exact) mass is 253 g/mol. The van der Waals surface area contributed by atoms with Crippen molar-refractivity contribution in [2.24, 2.45) is 5.73 Å². The minimum Gasteiger partial charge on any atom is -0.335 e. The maximum absolute atomic E-state index is 12.4. The summed E-state index contributed by atoms with van der Waals surface area (Å²) in [5, 5.41) is 0. The van der Waals surface area contributed by atoms with Crippen LogP contribution in [0.4, 0.5) is 0 Å². The number of hydrogen-bond donors (Lipinski definition) is 1. The van der Waals surface area contributed by atoms with E-state index in [1.165, 1.54) is 12.8 Å². The van der Waals surface area contributed by atoms with Crippen LogP contribution in [-0.4, -0.2) is 53.5 Å². The smallest absolute Gasteiger partial charge is 0.223 e. The summed E-state index contributed by atoms with van der Waals surface area (Å²) >= 11 is 0. The van der Waals surface area contributed by atoms with Crippen molar-refractivity contribution in [1.29, 1.82) is 0 Å². The molecule has 2 aliphatic heterocycles. The summed E-state index contributed by atoms with van der Waals surface area (Å²) in [5.41, 5.74) is 5.75. The lowest BCUT2D eigenvalue weighted by molar-refractivity contribution is -0.134. The number of carbonyl (C=O) groups is 1. The number of fused-ring (bicyclic) bond motifs is 2. The third-order valence-electron chi connectivity index (χ3n) is 4.42. The predicted molar refractivity (Wildman–Crippen MR) is 73.3 cm³/mol. The Morgan fingerprint density at radius 3 is 2.72 bits per heavy atom. The zero-order valence-corrected chi connectivity index (χ0v) is 11.8. The normalized spacial score (nSPS) is 30.3. The van der Waals surface area contributed by atoms with Gasteiger partial charge in [0.15, 0.2) is 0 Å². The fraction of sp³-hybridized carbons (Fsp3) is 0.929. The van der Waals surface area contributed by atoms with E-state index in [-0.39, 0.29) is 6.04 Å². The van der Waals surface area contributed by atoms with Crippen molar-refractivity contribution in [3.63, 3.8) is 0 Å². The van der Waals surface area contributed by atoms with Crippen LogP contribution in [-0.2, 0) is 4.79 Å². The van der Waals surface area contributed by atoms with Crippen molar-refractivity contribution in [2.45, 2.75) is 64.1 Å². The highest BCUT2D eigenvalue weighted by Gasteiger charge is 2.39. The van der Waals surface area contributed by atoms with Crippen LogP contribution in [0.5, 0.6) is 0 Å². The average Bonchev–Trinajstić information content (AvgIpc) is 2.62. The first-order valence-corrected chi connectivity index (χ1v) is 7.41.